The van der Waals surface area contributed by atoms with Crippen molar-refractivity contribution in [1.82, 2.24) is 0 Å². The van der Waals surface area contributed by atoms with Gasteiger partial charge in [0.2, 0.25) is 0 Å². The van der Waals surface area contributed by atoms with Gasteiger partial charge in [-0.2, -0.15) is 0 Å². The normalized spacial score (nSPS) is 23.7. The second-order valence-corrected chi connectivity index (χ2v) is 5.76. The van der Waals surface area contributed by atoms with Crippen LogP contribution in [-0.2, 0) is 9.53 Å². The molecule has 0 spiro atoms. The number of ether oxygens (including phenoxy) is 1. The van der Waals surface area contributed by atoms with Crippen LogP contribution in [-0.4, -0.2) is 12.6 Å². The molecule has 2 nitrogen and oxygen atoms in total. The fraction of sp³-hybridized carbons (Fsp3) is 0.812. The average molecular weight is 252 g/mol. The largest absolute Gasteiger partial charge is 0.462 e. The topological polar surface area (TPSA) is 26.3 Å². The van der Waals surface area contributed by atoms with Crippen LogP contribution in [0, 0.1) is 11.8 Å². The Labute approximate surface area is 112 Å². The Hall–Kier alpha value is -0.790. The first kappa shape index (κ1) is 15.3. The molecule has 0 heterocycles. The van der Waals surface area contributed by atoms with Crippen molar-refractivity contribution in [3.63, 3.8) is 0 Å². The zero-order chi connectivity index (χ0) is 13.4. The fourth-order valence-electron chi connectivity index (χ4n) is 2.69. The van der Waals surface area contributed by atoms with Crippen LogP contribution in [0.15, 0.2) is 12.2 Å². The molecule has 1 saturated carbocycles. The molecule has 2 heteroatoms. The molecular formula is C16H28O2. The van der Waals surface area contributed by atoms with Gasteiger partial charge in [0.05, 0.1) is 6.61 Å². The molecule has 0 bridgehead atoms. The molecule has 18 heavy (non-hydrogen) atoms. The minimum Gasteiger partial charge on any atom is -0.462 e. The predicted octanol–water partition coefficient (Wildman–Crippen LogP) is 4.49. The van der Waals surface area contributed by atoms with Gasteiger partial charge in [0.1, 0.15) is 0 Å². The first-order chi connectivity index (χ1) is 8.63. The Morgan fingerprint density at radius 1 is 1.17 bits per heavy atom. The van der Waals surface area contributed by atoms with Gasteiger partial charge in [-0.25, -0.2) is 4.79 Å². The van der Waals surface area contributed by atoms with Crippen LogP contribution < -0.4 is 0 Å². The second kappa shape index (κ2) is 8.34. The fourth-order valence-corrected chi connectivity index (χ4v) is 2.69. The first-order valence-electron chi connectivity index (χ1n) is 7.46. The third-order valence-corrected chi connectivity index (χ3v) is 3.98. The minimum atomic E-state index is -0.236. The Kier molecular flexibility index (Phi) is 7.07. The summed E-state index contributed by atoms with van der Waals surface area (Å²) in [7, 11) is 0. The van der Waals surface area contributed by atoms with Crippen molar-refractivity contribution in [1.29, 1.82) is 0 Å². The molecule has 1 aliphatic carbocycles. The van der Waals surface area contributed by atoms with Crippen LogP contribution in [0.3, 0.4) is 0 Å². The van der Waals surface area contributed by atoms with Gasteiger partial charge < -0.3 is 4.74 Å². The number of esters is 1. The van der Waals surface area contributed by atoms with Crippen LogP contribution in [0.1, 0.15) is 65.2 Å². The van der Waals surface area contributed by atoms with Gasteiger partial charge in [-0.05, 0) is 31.6 Å². The van der Waals surface area contributed by atoms with Gasteiger partial charge in [0, 0.05) is 5.57 Å². The number of carbonyl (C=O) groups excluding carboxylic acids is 1. The van der Waals surface area contributed by atoms with E-state index in [4.69, 9.17) is 4.74 Å². The van der Waals surface area contributed by atoms with E-state index in [0.29, 0.717) is 18.1 Å². The van der Waals surface area contributed by atoms with E-state index in [2.05, 4.69) is 13.5 Å². The van der Waals surface area contributed by atoms with Crippen molar-refractivity contribution in [3.05, 3.63) is 12.2 Å². The predicted molar refractivity (Wildman–Crippen MR) is 75.4 cm³/mol. The third-order valence-electron chi connectivity index (χ3n) is 3.98. The van der Waals surface area contributed by atoms with Gasteiger partial charge >= 0.3 is 5.97 Å². The summed E-state index contributed by atoms with van der Waals surface area (Å²) >= 11 is 0. The van der Waals surface area contributed by atoms with Gasteiger partial charge in [-0.1, -0.05) is 52.0 Å². The van der Waals surface area contributed by atoms with Crippen molar-refractivity contribution in [3.8, 4) is 0 Å². The number of carbonyl (C=O) groups is 1. The van der Waals surface area contributed by atoms with Gasteiger partial charge in [-0.15, -0.1) is 0 Å². The minimum absolute atomic E-state index is 0.236. The monoisotopic (exact) mass is 252 g/mol. The zero-order valence-corrected chi connectivity index (χ0v) is 12.0. The van der Waals surface area contributed by atoms with Crippen LogP contribution in [0.25, 0.3) is 0 Å². The molecule has 0 aromatic carbocycles. The Bertz CT molecular complexity index is 262. The maximum absolute atomic E-state index is 11.3. The highest BCUT2D eigenvalue weighted by atomic mass is 16.5. The summed E-state index contributed by atoms with van der Waals surface area (Å²) in [4.78, 5) is 11.3. The molecule has 0 aliphatic heterocycles. The number of hydrogen-bond acceptors (Lipinski definition) is 2. The lowest BCUT2D eigenvalue weighted by molar-refractivity contribution is -0.140. The van der Waals surface area contributed by atoms with Gasteiger partial charge in [-0.3, -0.25) is 0 Å². The highest BCUT2D eigenvalue weighted by Crippen LogP contribution is 2.32. The molecule has 0 aromatic rings. The molecule has 0 atom stereocenters. The maximum Gasteiger partial charge on any atom is 0.333 e. The van der Waals surface area contributed by atoms with E-state index >= 15 is 0 Å². The average Bonchev–Trinajstić information content (AvgIpc) is 2.37. The molecule has 0 aromatic heterocycles. The summed E-state index contributed by atoms with van der Waals surface area (Å²) in [6.45, 7) is 8.15. The van der Waals surface area contributed by atoms with E-state index in [1.54, 1.807) is 6.92 Å². The quantitative estimate of drug-likeness (QED) is 0.379. The molecule has 1 aliphatic rings. The molecule has 104 valence electrons. The highest BCUT2D eigenvalue weighted by Gasteiger charge is 2.21. The summed E-state index contributed by atoms with van der Waals surface area (Å²) < 4.78 is 5.24. The van der Waals surface area contributed by atoms with E-state index in [-0.39, 0.29) is 5.97 Å². The van der Waals surface area contributed by atoms with E-state index in [1.807, 2.05) is 0 Å². The zero-order valence-electron chi connectivity index (χ0n) is 12.0. The Morgan fingerprint density at radius 2 is 1.78 bits per heavy atom. The van der Waals surface area contributed by atoms with Crippen molar-refractivity contribution >= 4 is 5.97 Å². The smallest absolute Gasteiger partial charge is 0.333 e. The van der Waals surface area contributed by atoms with Crippen LogP contribution in [0.2, 0.25) is 0 Å². The summed E-state index contributed by atoms with van der Waals surface area (Å²) in [5, 5.41) is 0. The molecule has 1 rings (SSSR count). The van der Waals surface area contributed by atoms with Crippen LogP contribution in [0.5, 0.6) is 0 Å². The van der Waals surface area contributed by atoms with Crippen molar-refractivity contribution in [2.45, 2.75) is 65.2 Å². The number of hydrogen-bond donors (Lipinski definition) is 0. The van der Waals surface area contributed by atoms with Crippen molar-refractivity contribution < 1.29 is 9.53 Å². The van der Waals surface area contributed by atoms with Crippen molar-refractivity contribution in [2.24, 2.45) is 11.8 Å². The highest BCUT2D eigenvalue weighted by molar-refractivity contribution is 5.86. The standard InChI is InChI=1S/C16H28O2/c1-4-5-6-7-14-8-10-15(11-9-14)12-18-16(17)13(2)3/h14-15H,2,4-12H2,1,3H3. The number of unbranched alkanes of at least 4 members (excludes halogenated alkanes) is 2. The lowest BCUT2D eigenvalue weighted by atomic mass is 9.80. The SMILES string of the molecule is C=C(C)C(=O)OCC1CCC(CCCCC)CC1. The maximum atomic E-state index is 11.3. The first-order valence-corrected chi connectivity index (χ1v) is 7.46. The summed E-state index contributed by atoms with van der Waals surface area (Å²) in [5.74, 6) is 1.26. The molecule has 0 N–H and O–H groups in total. The molecular weight excluding hydrogens is 224 g/mol. The summed E-state index contributed by atoms with van der Waals surface area (Å²) in [5.41, 5.74) is 0.503. The Morgan fingerprint density at radius 3 is 2.33 bits per heavy atom. The van der Waals surface area contributed by atoms with Gasteiger partial charge in [0.25, 0.3) is 0 Å². The summed E-state index contributed by atoms with van der Waals surface area (Å²) in [6.07, 6.45) is 10.5. The van der Waals surface area contributed by atoms with E-state index in [0.717, 1.165) is 5.92 Å². The molecule has 1 fully saturated rings. The van der Waals surface area contributed by atoms with E-state index in [9.17, 15) is 4.79 Å². The summed E-state index contributed by atoms with van der Waals surface area (Å²) in [6, 6.07) is 0. The second-order valence-electron chi connectivity index (χ2n) is 5.76. The van der Waals surface area contributed by atoms with Gasteiger partial charge in [0.15, 0.2) is 0 Å². The van der Waals surface area contributed by atoms with E-state index in [1.165, 1.54) is 51.4 Å². The lowest BCUT2D eigenvalue weighted by Crippen LogP contribution is -2.20. The molecule has 0 unspecified atom stereocenters. The van der Waals surface area contributed by atoms with Crippen LogP contribution >= 0.6 is 0 Å². The third kappa shape index (κ3) is 5.70. The molecule has 0 saturated heterocycles. The van der Waals surface area contributed by atoms with Crippen LogP contribution in [0.4, 0.5) is 0 Å². The Balaban J connectivity index is 2.11. The number of rotatable bonds is 7. The van der Waals surface area contributed by atoms with Crippen molar-refractivity contribution in [2.75, 3.05) is 6.61 Å². The lowest BCUT2D eigenvalue weighted by Gasteiger charge is -2.28. The van der Waals surface area contributed by atoms with E-state index < -0.39 is 0 Å². The molecule has 0 amide bonds. The molecule has 0 radical (unpaired) electrons.